The molecule has 0 radical (unpaired) electrons. The van der Waals surface area contributed by atoms with E-state index in [1.165, 1.54) is 81.9 Å². The molecule has 54 heavy (non-hydrogen) atoms. The first kappa shape index (κ1) is 30.3. The molecule has 0 saturated heterocycles. The molecule has 0 atom stereocenters. The molecule has 12 rings (SSSR count). The van der Waals surface area contributed by atoms with Gasteiger partial charge in [0.25, 0.3) is 6.71 Å². The molecule has 4 aliphatic rings. The first-order valence-electron chi connectivity index (χ1n) is 18.5. The summed E-state index contributed by atoms with van der Waals surface area (Å²) in [6, 6.07) is 62.6. The third-order valence-electron chi connectivity index (χ3n) is 11.8. The van der Waals surface area contributed by atoms with Crippen LogP contribution >= 0.6 is 11.8 Å². The maximum Gasteiger partial charge on any atom is 0.252 e. The molecule has 0 fully saturated rings. The number of fused-ring (bicyclic) bond motifs is 10. The zero-order chi connectivity index (χ0) is 35.5. The molecule has 4 aliphatic heterocycles. The fraction of sp³-hybridized carbons (Fsp3) is 0. The largest absolute Gasteiger partial charge is 0.312 e. The first-order valence-corrected chi connectivity index (χ1v) is 19.3. The minimum Gasteiger partial charge on any atom is -0.312 e. The maximum absolute atomic E-state index is 16.1. The lowest BCUT2D eigenvalue weighted by atomic mass is 9.29. The minimum absolute atomic E-state index is 0.0442. The predicted molar refractivity (Wildman–Crippen MR) is 227 cm³/mol. The normalized spacial score (nSPS) is 13.8. The second-order valence-electron chi connectivity index (χ2n) is 14.5. The third kappa shape index (κ3) is 4.14. The summed E-state index contributed by atoms with van der Waals surface area (Å²) in [5.74, 6) is -0.237. The highest BCUT2D eigenvalue weighted by Crippen LogP contribution is 2.49. The number of nitrogens with zero attached hydrogens (tertiary/aromatic N) is 2. The molecule has 6 heteroatoms. The lowest BCUT2D eigenvalue weighted by Crippen LogP contribution is -2.68. The number of anilines is 6. The first-order chi connectivity index (χ1) is 26.7. The summed E-state index contributed by atoms with van der Waals surface area (Å²) >= 11 is 1.84. The zero-order valence-corrected chi connectivity index (χ0v) is 29.9. The highest BCUT2D eigenvalue weighted by atomic mass is 32.2. The Morgan fingerprint density at radius 3 is 1.57 bits per heavy atom. The summed E-state index contributed by atoms with van der Waals surface area (Å²) in [5.41, 5.74) is 18.6. The number of rotatable bonds is 3. The number of para-hydroxylation sites is 2. The quantitative estimate of drug-likeness (QED) is 0.170. The smallest absolute Gasteiger partial charge is 0.252 e. The molecular weight excluding hydrogens is 677 g/mol. The number of hydrogen-bond acceptors (Lipinski definition) is 3. The summed E-state index contributed by atoms with van der Waals surface area (Å²) < 4.78 is 16.1. The highest BCUT2D eigenvalue weighted by molar-refractivity contribution is 8.00. The predicted octanol–water partition coefficient (Wildman–Crippen LogP) is 8.54. The summed E-state index contributed by atoms with van der Waals surface area (Å²) in [7, 11) is 0. The Kier molecular flexibility index (Phi) is 6.38. The average Bonchev–Trinajstić information content (AvgIpc) is 3.23. The van der Waals surface area contributed by atoms with Crippen LogP contribution in [0.25, 0.3) is 22.3 Å². The van der Waals surface area contributed by atoms with E-state index >= 15 is 4.39 Å². The van der Waals surface area contributed by atoms with Crippen molar-refractivity contribution >= 4 is 92.1 Å². The Labute approximate surface area is 318 Å². The SMILES string of the molecule is Fc1ccccc1N1c2ccccc2B2c3ccc(-c4ccccc4)cc3N3c4cc(-c5ccccc5)ccc4B4c5ccccc5Sc5cc1c2c3c54. The molecule has 0 saturated carbocycles. The van der Waals surface area contributed by atoms with Crippen LogP contribution in [0.5, 0.6) is 0 Å². The van der Waals surface area contributed by atoms with Gasteiger partial charge in [-0.25, -0.2) is 4.39 Å². The van der Waals surface area contributed by atoms with Gasteiger partial charge >= 0.3 is 0 Å². The second kappa shape index (κ2) is 11.4. The van der Waals surface area contributed by atoms with Crippen LogP contribution in [0, 0.1) is 5.82 Å². The van der Waals surface area contributed by atoms with E-state index in [0.717, 1.165) is 11.4 Å². The van der Waals surface area contributed by atoms with Crippen LogP contribution in [-0.4, -0.2) is 13.4 Å². The molecule has 0 bridgehead atoms. The molecule has 0 spiro atoms. The Morgan fingerprint density at radius 2 is 0.907 bits per heavy atom. The molecule has 8 aromatic carbocycles. The number of benzene rings is 8. The van der Waals surface area contributed by atoms with Crippen molar-refractivity contribution in [2.75, 3.05) is 9.80 Å². The lowest BCUT2D eigenvalue weighted by molar-refractivity contribution is 0.629. The van der Waals surface area contributed by atoms with Gasteiger partial charge in [-0.1, -0.05) is 151 Å². The fourth-order valence-electron chi connectivity index (χ4n) is 9.54. The molecule has 2 nitrogen and oxygen atoms in total. The van der Waals surface area contributed by atoms with Crippen molar-refractivity contribution in [1.29, 1.82) is 0 Å². The number of halogens is 1. The topological polar surface area (TPSA) is 6.48 Å². The average molecular weight is 706 g/mol. The van der Waals surface area contributed by atoms with Gasteiger partial charge in [0.2, 0.25) is 6.71 Å². The molecule has 0 aromatic heterocycles. The van der Waals surface area contributed by atoms with Crippen LogP contribution in [0.3, 0.4) is 0 Å². The summed E-state index contributed by atoms with van der Waals surface area (Å²) in [4.78, 5) is 7.23. The van der Waals surface area contributed by atoms with E-state index in [2.05, 4.69) is 161 Å². The van der Waals surface area contributed by atoms with Gasteiger partial charge in [0.1, 0.15) is 5.82 Å². The van der Waals surface area contributed by atoms with Gasteiger partial charge in [-0.3, -0.25) is 0 Å². The van der Waals surface area contributed by atoms with Crippen LogP contribution in [-0.2, 0) is 0 Å². The van der Waals surface area contributed by atoms with Crippen molar-refractivity contribution in [2.24, 2.45) is 0 Å². The van der Waals surface area contributed by atoms with E-state index < -0.39 is 0 Å². The molecule has 0 N–H and O–H groups in total. The maximum atomic E-state index is 16.1. The van der Waals surface area contributed by atoms with Crippen molar-refractivity contribution in [2.45, 2.75) is 9.79 Å². The summed E-state index contributed by atoms with van der Waals surface area (Å²) in [6.07, 6.45) is 0. The van der Waals surface area contributed by atoms with Gasteiger partial charge in [0.05, 0.1) is 5.69 Å². The van der Waals surface area contributed by atoms with E-state index in [-0.39, 0.29) is 19.2 Å². The van der Waals surface area contributed by atoms with Crippen molar-refractivity contribution in [3.05, 3.63) is 182 Å². The van der Waals surface area contributed by atoms with Gasteiger partial charge in [-0.05, 0) is 92.0 Å². The highest BCUT2D eigenvalue weighted by Gasteiger charge is 2.50. The molecule has 0 aliphatic carbocycles. The molecule has 250 valence electrons. The van der Waals surface area contributed by atoms with E-state index in [1.54, 1.807) is 12.1 Å². The standard InChI is InChI=1S/C48H29B2FN2S/c51-38-19-9-11-21-40(38)52-39-20-10-7-17-34(39)49-35-25-23-32(30-13-3-1-4-14-30)27-41(35)53-42-28-33(31-15-5-2-6-16-31)24-26-36(42)50-37-18-8-12-22-44(37)54-45-29-43(52)46(49)48(53)47(45)50/h1-29H. The Hall–Kier alpha value is -6.23. The molecule has 4 heterocycles. The van der Waals surface area contributed by atoms with Crippen LogP contribution in [0.4, 0.5) is 38.5 Å². The fourth-order valence-corrected chi connectivity index (χ4v) is 10.7. The Bertz CT molecular complexity index is 2810. The van der Waals surface area contributed by atoms with Crippen molar-refractivity contribution in [1.82, 2.24) is 0 Å². The van der Waals surface area contributed by atoms with Gasteiger partial charge < -0.3 is 9.80 Å². The van der Waals surface area contributed by atoms with Crippen LogP contribution < -0.4 is 42.6 Å². The molecular formula is C48H29B2FN2S. The van der Waals surface area contributed by atoms with Crippen molar-refractivity contribution < 1.29 is 4.39 Å². The van der Waals surface area contributed by atoms with Crippen LogP contribution in [0.1, 0.15) is 0 Å². The summed E-state index contributed by atoms with van der Waals surface area (Å²) in [5, 5.41) is 0. The molecule has 0 amide bonds. The van der Waals surface area contributed by atoms with Crippen LogP contribution in [0.2, 0.25) is 0 Å². The molecule has 0 unspecified atom stereocenters. The van der Waals surface area contributed by atoms with E-state index in [9.17, 15) is 0 Å². The van der Waals surface area contributed by atoms with Crippen molar-refractivity contribution in [3.8, 4) is 22.3 Å². The monoisotopic (exact) mass is 706 g/mol. The summed E-state index contributed by atoms with van der Waals surface area (Å²) in [6.45, 7) is 0.00434. The number of hydrogen-bond donors (Lipinski definition) is 0. The van der Waals surface area contributed by atoms with E-state index in [4.69, 9.17) is 0 Å². The lowest BCUT2D eigenvalue weighted by Gasteiger charge is -2.49. The van der Waals surface area contributed by atoms with Gasteiger partial charge in [-0.2, -0.15) is 0 Å². The Morgan fingerprint density at radius 1 is 0.370 bits per heavy atom. The zero-order valence-electron chi connectivity index (χ0n) is 29.1. The minimum atomic E-state index is -0.237. The van der Waals surface area contributed by atoms with Crippen molar-refractivity contribution in [3.63, 3.8) is 0 Å². The Balaban J connectivity index is 1.24. The third-order valence-corrected chi connectivity index (χ3v) is 12.9. The van der Waals surface area contributed by atoms with E-state index in [1.807, 2.05) is 23.9 Å². The second-order valence-corrected chi connectivity index (χ2v) is 15.6. The van der Waals surface area contributed by atoms with Gasteiger partial charge in [0.15, 0.2) is 0 Å². The van der Waals surface area contributed by atoms with Crippen LogP contribution in [0.15, 0.2) is 186 Å². The molecule has 8 aromatic rings. The van der Waals surface area contributed by atoms with Gasteiger partial charge in [-0.15, -0.1) is 0 Å². The van der Waals surface area contributed by atoms with E-state index in [0.29, 0.717) is 5.69 Å². The van der Waals surface area contributed by atoms with Gasteiger partial charge in [0, 0.05) is 38.2 Å².